The van der Waals surface area contributed by atoms with Crippen LogP contribution in [0.1, 0.15) is 23.7 Å². The lowest BCUT2D eigenvalue weighted by Gasteiger charge is -2.26. The molecule has 0 aliphatic carbocycles. The van der Waals surface area contributed by atoms with Gasteiger partial charge >= 0.3 is 0 Å². The summed E-state index contributed by atoms with van der Waals surface area (Å²) in [6.07, 6.45) is 2.38. The molecule has 0 aromatic heterocycles. The largest absolute Gasteiger partial charge is 0.485 e. The van der Waals surface area contributed by atoms with Gasteiger partial charge in [-0.15, -0.1) is 0 Å². The van der Waals surface area contributed by atoms with Gasteiger partial charge in [-0.3, -0.25) is 0 Å². The number of ether oxygens (including phenoxy) is 1. The van der Waals surface area contributed by atoms with Crippen LogP contribution in [0.3, 0.4) is 0 Å². The maximum absolute atomic E-state index is 6.07. The first-order chi connectivity index (χ1) is 8.33. The molecule has 1 aliphatic rings. The molecule has 17 heavy (non-hydrogen) atoms. The van der Waals surface area contributed by atoms with Gasteiger partial charge in [0.1, 0.15) is 11.9 Å². The molecule has 0 radical (unpaired) electrons. The molecule has 0 saturated heterocycles. The van der Waals surface area contributed by atoms with E-state index < -0.39 is 0 Å². The fourth-order valence-corrected chi connectivity index (χ4v) is 2.82. The third-order valence-electron chi connectivity index (χ3n) is 3.14. The van der Waals surface area contributed by atoms with E-state index >= 15 is 0 Å². The predicted molar refractivity (Wildman–Crippen MR) is 77.3 cm³/mol. The zero-order valence-electron chi connectivity index (χ0n) is 9.40. The first-order valence-corrected chi connectivity index (χ1v) is 6.91. The Hall–Kier alpha value is -1.03. The quantitative estimate of drug-likeness (QED) is 0.703. The van der Waals surface area contributed by atoms with E-state index in [4.69, 9.17) is 4.74 Å². The lowest BCUT2D eigenvalue weighted by atomic mass is 9.98. The van der Waals surface area contributed by atoms with Crippen LogP contribution in [0.2, 0.25) is 0 Å². The molecule has 2 aromatic carbocycles. The molecule has 2 heteroatoms. The van der Waals surface area contributed by atoms with Gasteiger partial charge in [0.2, 0.25) is 0 Å². The summed E-state index contributed by atoms with van der Waals surface area (Å²) in [4.78, 5) is 0. The molecule has 86 valence electrons. The zero-order valence-corrected chi connectivity index (χ0v) is 11.6. The highest BCUT2D eigenvalue weighted by Crippen LogP contribution is 2.35. The average Bonchev–Trinajstić information content (AvgIpc) is 2.39. The topological polar surface area (TPSA) is 9.23 Å². The van der Waals surface area contributed by atoms with E-state index in [1.54, 1.807) is 0 Å². The molecular weight excluding hydrogens is 323 g/mol. The van der Waals surface area contributed by atoms with Crippen LogP contribution in [0.15, 0.2) is 48.5 Å². The van der Waals surface area contributed by atoms with Crippen molar-refractivity contribution in [3.8, 4) is 5.75 Å². The molecule has 3 rings (SSSR count). The standard InChI is InChI=1S/C15H13IO/c16-13-7-9-15-12(10-13)6-8-14(17-15)11-4-2-1-3-5-11/h1-5,7,9-10,14H,6,8H2. The van der Waals surface area contributed by atoms with Crippen LogP contribution in [0.4, 0.5) is 0 Å². The first kappa shape index (κ1) is 11.1. The molecule has 1 atom stereocenters. The minimum atomic E-state index is 0.212. The Bertz CT molecular complexity index is 522. The molecule has 0 bridgehead atoms. The minimum Gasteiger partial charge on any atom is -0.485 e. The SMILES string of the molecule is Ic1ccc2c(c1)CCC(c1ccccc1)O2. The highest BCUT2D eigenvalue weighted by Gasteiger charge is 2.20. The van der Waals surface area contributed by atoms with Crippen LogP contribution in [0, 0.1) is 3.57 Å². The molecule has 0 fully saturated rings. The molecule has 2 aromatic rings. The second-order valence-corrected chi connectivity index (χ2v) is 5.55. The van der Waals surface area contributed by atoms with E-state index in [9.17, 15) is 0 Å². The third kappa shape index (κ3) is 2.32. The predicted octanol–water partition coefficient (Wildman–Crippen LogP) is 4.36. The smallest absolute Gasteiger partial charge is 0.124 e. The van der Waals surface area contributed by atoms with Gasteiger partial charge in [-0.1, -0.05) is 30.3 Å². The number of rotatable bonds is 1. The van der Waals surface area contributed by atoms with Crippen LogP contribution < -0.4 is 4.74 Å². The summed E-state index contributed by atoms with van der Waals surface area (Å²) in [6, 6.07) is 16.9. The van der Waals surface area contributed by atoms with Crippen molar-refractivity contribution in [2.24, 2.45) is 0 Å². The average molecular weight is 336 g/mol. The summed E-state index contributed by atoms with van der Waals surface area (Å²) in [5, 5.41) is 0. The van der Waals surface area contributed by atoms with Gasteiger partial charge < -0.3 is 4.74 Å². The van der Waals surface area contributed by atoms with Gasteiger partial charge in [0.05, 0.1) is 0 Å². The van der Waals surface area contributed by atoms with E-state index in [0.717, 1.165) is 18.6 Å². The second-order valence-electron chi connectivity index (χ2n) is 4.31. The number of fused-ring (bicyclic) bond motifs is 1. The number of hydrogen-bond donors (Lipinski definition) is 0. The number of halogens is 1. The van der Waals surface area contributed by atoms with Crippen LogP contribution in [-0.2, 0) is 6.42 Å². The van der Waals surface area contributed by atoms with Crippen molar-refractivity contribution in [3.63, 3.8) is 0 Å². The van der Waals surface area contributed by atoms with Crippen molar-refractivity contribution in [2.75, 3.05) is 0 Å². The Kier molecular flexibility index (Phi) is 3.05. The Morgan fingerprint density at radius 1 is 1.06 bits per heavy atom. The van der Waals surface area contributed by atoms with Crippen molar-refractivity contribution >= 4 is 22.6 Å². The monoisotopic (exact) mass is 336 g/mol. The van der Waals surface area contributed by atoms with Crippen LogP contribution >= 0.6 is 22.6 Å². The summed E-state index contributed by atoms with van der Waals surface area (Å²) in [7, 11) is 0. The fourth-order valence-electron chi connectivity index (χ4n) is 2.26. The van der Waals surface area contributed by atoms with Gasteiger partial charge in [-0.2, -0.15) is 0 Å². The molecule has 1 heterocycles. The van der Waals surface area contributed by atoms with Crippen molar-refractivity contribution in [2.45, 2.75) is 18.9 Å². The van der Waals surface area contributed by atoms with E-state index in [0.29, 0.717) is 0 Å². The lowest BCUT2D eigenvalue weighted by Crippen LogP contribution is -2.15. The molecular formula is C15H13IO. The summed E-state index contributed by atoms with van der Waals surface area (Å²) in [5.41, 5.74) is 2.61. The normalized spacial score (nSPS) is 18.3. The number of aryl methyl sites for hydroxylation is 1. The second kappa shape index (κ2) is 4.69. The maximum atomic E-state index is 6.07. The molecule has 0 spiro atoms. The van der Waals surface area contributed by atoms with E-state index in [1.165, 1.54) is 14.7 Å². The van der Waals surface area contributed by atoms with Crippen molar-refractivity contribution in [3.05, 3.63) is 63.2 Å². The van der Waals surface area contributed by atoms with Crippen molar-refractivity contribution in [1.82, 2.24) is 0 Å². The van der Waals surface area contributed by atoms with Gasteiger partial charge in [0.15, 0.2) is 0 Å². The van der Waals surface area contributed by atoms with Crippen LogP contribution in [0.5, 0.6) is 5.75 Å². The Balaban J connectivity index is 1.88. The van der Waals surface area contributed by atoms with Gasteiger partial charge in [0, 0.05) is 3.57 Å². The highest BCUT2D eigenvalue weighted by atomic mass is 127. The van der Waals surface area contributed by atoms with Crippen LogP contribution in [-0.4, -0.2) is 0 Å². The van der Waals surface area contributed by atoms with Gasteiger partial charge in [-0.25, -0.2) is 0 Å². The summed E-state index contributed by atoms with van der Waals surface area (Å²) >= 11 is 2.35. The number of hydrogen-bond acceptors (Lipinski definition) is 1. The summed E-state index contributed by atoms with van der Waals surface area (Å²) in [5.74, 6) is 1.05. The van der Waals surface area contributed by atoms with Gasteiger partial charge in [0.25, 0.3) is 0 Å². The zero-order chi connectivity index (χ0) is 11.7. The summed E-state index contributed by atoms with van der Waals surface area (Å²) in [6.45, 7) is 0. The Labute approximate surface area is 115 Å². The molecule has 1 unspecified atom stereocenters. The van der Waals surface area contributed by atoms with E-state index in [1.807, 2.05) is 6.07 Å². The van der Waals surface area contributed by atoms with Gasteiger partial charge in [-0.05, 0) is 64.8 Å². The van der Waals surface area contributed by atoms with Crippen molar-refractivity contribution < 1.29 is 4.74 Å². The lowest BCUT2D eigenvalue weighted by molar-refractivity contribution is 0.176. The minimum absolute atomic E-state index is 0.212. The van der Waals surface area contributed by atoms with E-state index in [-0.39, 0.29) is 6.10 Å². The molecule has 0 amide bonds. The molecule has 0 N–H and O–H groups in total. The molecule has 0 saturated carbocycles. The molecule has 1 aliphatic heterocycles. The Morgan fingerprint density at radius 3 is 2.71 bits per heavy atom. The highest BCUT2D eigenvalue weighted by molar-refractivity contribution is 14.1. The molecule has 1 nitrogen and oxygen atoms in total. The maximum Gasteiger partial charge on any atom is 0.124 e. The van der Waals surface area contributed by atoms with Crippen LogP contribution in [0.25, 0.3) is 0 Å². The Morgan fingerprint density at radius 2 is 1.88 bits per heavy atom. The third-order valence-corrected chi connectivity index (χ3v) is 3.81. The number of benzene rings is 2. The summed E-state index contributed by atoms with van der Waals surface area (Å²) < 4.78 is 7.35. The van der Waals surface area contributed by atoms with E-state index in [2.05, 4.69) is 65.1 Å². The fraction of sp³-hybridized carbons (Fsp3) is 0.200. The first-order valence-electron chi connectivity index (χ1n) is 5.83. The van der Waals surface area contributed by atoms with Crippen molar-refractivity contribution in [1.29, 1.82) is 0 Å².